The average Bonchev–Trinajstić information content (AvgIpc) is 2.50. The van der Waals surface area contributed by atoms with Crippen LogP contribution in [0.15, 0.2) is 31.4 Å². The lowest BCUT2D eigenvalue weighted by molar-refractivity contribution is -0.122. The second-order valence-electron chi connectivity index (χ2n) is 3.91. The Balaban J connectivity index is 3.36. The zero-order chi connectivity index (χ0) is 15.3. The van der Waals surface area contributed by atoms with Crippen molar-refractivity contribution >= 4 is 17.9 Å². The SMILES string of the molecule is C=CC(=O)N(C)C(=O)c1cc(OC)c(OC)cc1C=C. The molecule has 2 amide bonds. The molecule has 0 saturated heterocycles. The van der Waals surface area contributed by atoms with E-state index in [-0.39, 0.29) is 0 Å². The number of amides is 2. The van der Waals surface area contributed by atoms with Crippen LogP contribution in [-0.4, -0.2) is 38.0 Å². The van der Waals surface area contributed by atoms with Gasteiger partial charge in [0.2, 0.25) is 0 Å². The van der Waals surface area contributed by atoms with Gasteiger partial charge in [-0.1, -0.05) is 19.2 Å². The van der Waals surface area contributed by atoms with Crippen molar-refractivity contribution in [3.05, 3.63) is 42.5 Å². The van der Waals surface area contributed by atoms with Gasteiger partial charge in [-0.3, -0.25) is 14.5 Å². The summed E-state index contributed by atoms with van der Waals surface area (Å²) in [5.74, 6) is -0.0666. The predicted octanol–water partition coefficient (Wildman–Crippen LogP) is 2.13. The predicted molar refractivity (Wildman–Crippen MR) is 76.9 cm³/mol. The van der Waals surface area contributed by atoms with Crippen molar-refractivity contribution in [3.8, 4) is 11.5 Å². The molecule has 0 aliphatic rings. The zero-order valence-electron chi connectivity index (χ0n) is 11.8. The second-order valence-corrected chi connectivity index (χ2v) is 3.91. The minimum absolute atomic E-state index is 0.301. The number of rotatable bonds is 5. The molecular weight excluding hydrogens is 258 g/mol. The molecule has 0 unspecified atom stereocenters. The lowest BCUT2D eigenvalue weighted by Gasteiger charge is -2.17. The Morgan fingerprint density at radius 3 is 2.15 bits per heavy atom. The lowest BCUT2D eigenvalue weighted by Crippen LogP contribution is -2.32. The summed E-state index contributed by atoms with van der Waals surface area (Å²) in [6.07, 6.45) is 2.59. The van der Waals surface area contributed by atoms with Gasteiger partial charge in [-0.15, -0.1) is 0 Å². The fourth-order valence-corrected chi connectivity index (χ4v) is 1.67. The van der Waals surface area contributed by atoms with Crippen LogP contribution in [0.25, 0.3) is 6.08 Å². The highest BCUT2D eigenvalue weighted by Crippen LogP contribution is 2.31. The summed E-state index contributed by atoms with van der Waals surface area (Å²) < 4.78 is 10.3. The van der Waals surface area contributed by atoms with Crippen LogP contribution < -0.4 is 9.47 Å². The van der Waals surface area contributed by atoms with Crippen molar-refractivity contribution in [3.63, 3.8) is 0 Å². The number of hydrogen-bond donors (Lipinski definition) is 0. The van der Waals surface area contributed by atoms with Crippen LogP contribution in [0, 0.1) is 0 Å². The summed E-state index contributed by atoms with van der Waals surface area (Å²) in [5.41, 5.74) is 0.853. The van der Waals surface area contributed by atoms with Crippen LogP contribution in [0.2, 0.25) is 0 Å². The molecule has 0 radical (unpaired) electrons. The van der Waals surface area contributed by atoms with E-state index in [9.17, 15) is 9.59 Å². The van der Waals surface area contributed by atoms with Gasteiger partial charge >= 0.3 is 0 Å². The Hall–Kier alpha value is -2.56. The van der Waals surface area contributed by atoms with E-state index in [0.29, 0.717) is 22.6 Å². The van der Waals surface area contributed by atoms with E-state index in [1.807, 2.05) is 0 Å². The van der Waals surface area contributed by atoms with Gasteiger partial charge in [0.25, 0.3) is 11.8 Å². The van der Waals surface area contributed by atoms with Crippen LogP contribution in [0.3, 0.4) is 0 Å². The Morgan fingerprint density at radius 2 is 1.70 bits per heavy atom. The number of carbonyl (C=O) groups excluding carboxylic acids is 2. The van der Waals surface area contributed by atoms with Crippen LogP contribution in [-0.2, 0) is 4.79 Å². The van der Waals surface area contributed by atoms with Gasteiger partial charge in [0.15, 0.2) is 11.5 Å². The Labute approximate surface area is 118 Å². The smallest absolute Gasteiger partial charge is 0.261 e. The molecule has 1 aromatic carbocycles. The molecule has 20 heavy (non-hydrogen) atoms. The maximum absolute atomic E-state index is 12.3. The fraction of sp³-hybridized carbons (Fsp3) is 0.200. The molecule has 0 aliphatic heterocycles. The first-order chi connectivity index (χ1) is 9.49. The van der Waals surface area contributed by atoms with Crippen LogP contribution in [0.4, 0.5) is 0 Å². The van der Waals surface area contributed by atoms with Crippen LogP contribution >= 0.6 is 0 Å². The molecule has 1 aromatic rings. The van der Waals surface area contributed by atoms with Gasteiger partial charge in [-0.05, 0) is 23.8 Å². The van der Waals surface area contributed by atoms with E-state index in [1.165, 1.54) is 33.4 Å². The molecule has 0 aromatic heterocycles. The topological polar surface area (TPSA) is 55.8 Å². The molecule has 5 heteroatoms. The molecule has 0 atom stereocenters. The maximum atomic E-state index is 12.3. The number of nitrogens with zero attached hydrogens (tertiary/aromatic N) is 1. The molecule has 0 N–H and O–H groups in total. The van der Waals surface area contributed by atoms with E-state index in [1.54, 1.807) is 6.07 Å². The summed E-state index contributed by atoms with van der Waals surface area (Å²) in [6.45, 7) is 7.01. The Morgan fingerprint density at radius 1 is 1.15 bits per heavy atom. The molecule has 0 heterocycles. The summed E-state index contributed by atoms with van der Waals surface area (Å²) in [4.78, 5) is 24.8. The number of ether oxygens (including phenoxy) is 2. The minimum Gasteiger partial charge on any atom is -0.493 e. The normalized spacial score (nSPS) is 9.55. The van der Waals surface area contributed by atoms with E-state index < -0.39 is 11.8 Å². The summed E-state index contributed by atoms with van der Waals surface area (Å²) in [7, 11) is 4.35. The highest BCUT2D eigenvalue weighted by atomic mass is 16.5. The fourth-order valence-electron chi connectivity index (χ4n) is 1.67. The zero-order valence-corrected chi connectivity index (χ0v) is 11.8. The largest absolute Gasteiger partial charge is 0.493 e. The maximum Gasteiger partial charge on any atom is 0.261 e. The van der Waals surface area contributed by atoms with Crippen LogP contribution in [0.1, 0.15) is 15.9 Å². The van der Waals surface area contributed by atoms with Crippen molar-refractivity contribution in [1.82, 2.24) is 4.90 Å². The number of likely N-dealkylation sites (N-methyl/N-ethyl adjacent to an activating group) is 1. The van der Waals surface area contributed by atoms with Crippen LogP contribution in [0.5, 0.6) is 11.5 Å². The standard InChI is InChI=1S/C15H17NO4/c1-6-10-8-12(19-4)13(20-5)9-11(10)15(18)16(3)14(17)7-2/h6-9H,1-2H2,3-5H3. The monoisotopic (exact) mass is 275 g/mol. The van der Waals surface area contributed by atoms with Gasteiger partial charge in [0.1, 0.15) is 0 Å². The van der Waals surface area contributed by atoms with Crippen molar-refractivity contribution in [2.75, 3.05) is 21.3 Å². The molecule has 0 spiro atoms. The highest BCUT2D eigenvalue weighted by molar-refractivity contribution is 6.09. The quantitative estimate of drug-likeness (QED) is 0.772. The van der Waals surface area contributed by atoms with E-state index in [0.717, 1.165) is 11.0 Å². The van der Waals surface area contributed by atoms with Crippen molar-refractivity contribution in [2.24, 2.45) is 0 Å². The molecule has 5 nitrogen and oxygen atoms in total. The summed E-state index contributed by atoms with van der Waals surface area (Å²) in [5, 5.41) is 0. The third-order valence-electron chi connectivity index (χ3n) is 2.82. The Bertz CT molecular complexity index is 563. The van der Waals surface area contributed by atoms with Crippen molar-refractivity contribution < 1.29 is 19.1 Å². The number of hydrogen-bond acceptors (Lipinski definition) is 4. The Kier molecular flexibility index (Phi) is 5.08. The third-order valence-corrected chi connectivity index (χ3v) is 2.82. The summed E-state index contributed by atoms with van der Waals surface area (Å²) >= 11 is 0. The minimum atomic E-state index is -0.486. The van der Waals surface area contributed by atoms with Crippen molar-refractivity contribution in [2.45, 2.75) is 0 Å². The van der Waals surface area contributed by atoms with E-state index in [4.69, 9.17) is 9.47 Å². The first-order valence-corrected chi connectivity index (χ1v) is 5.83. The number of carbonyl (C=O) groups is 2. The van der Waals surface area contributed by atoms with Gasteiger partial charge in [-0.25, -0.2) is 0 Å². The summed E-state index contributed by atoms with van der Waals surface area (Å²) in [6, 6.07) is 3.15. The third kappa shape index (κ3) is 2.88. The lowest BCUT2D eigenvalue weighted by atomic mass is 10.0. The van der Waals surface area contributed by atoms with E-state index in [2.05, 4.69) is 13.2 Å². The molecule has 1 rings (SSSR count). The molecule has 0 fully saturated rings. The second kappa shape index (κ2) is 6.56. The first kappa shape index (κ1) is 15.5. The molecule has 0 aliphatic carbocycles. The highest BCUT2D eigenvalue weighted by Gasteiger charge is 2.21. The van der Waals surface area contributed by atoms with E-state index >= 15 is 0 Å². The number of benzene rings is 1. The van der Waals surface area contributed by atoms with Gasteiger partial charge in [0.05, 0.1) is 19.8 Å². The van der Waals surface area contributed by atoms with Gasteiger partial charge in [-0.2, -0.15) is 0 Å². The van der Waals surface area contributed by atoms with Crippen molar-refractivity contribution in [1.29, 1.82) is 0 Å². The molecule has 0 bridgehead atoms. The number of methoxy groups -OCH3 is 2. The molecular formula is C15H17NO4. The number of imide groups is 1. The first-order valence-electron chi connectivity index (χ1n) is 5.83. The average molecular weight is 275 g/mol. The molecule has 0 saturated carbocycles. The molecule has 106 valence electrons. The van der Waals surface area contributed by atoms with Gasteiger partial charge < -0.3 is 9.47 Å². The van der Waals surface area contributed by atoms with Gasteiger partial charge in [0, 0.05) is 7.05 Å².